The van der Waals surface area contributed by atoms with Crippen LogP contribution in [-0.4, -0.2) is 24.5 Å². The molecule has 0 spiro atoms. The summed E-state index contributed by atoms with van der Waals surface area (Å²) in [6.45, 7) is 6.04. The van der Waals surface area contributed by atoms with E-state index in [0.717, 1.165) is 12.8 Å². The van der Waals surface area contributed by atoms with Crippen LogP contribution in [0.5, 0.6) is 0 Å². The van der Waals surface area contributed by atoms with Gasteiger partial charge in [0, 0.05) is 0 Å². The molecular weight excluding hydrogens is 273 g/mol. The molecule has 0 aliphatic carbocycles. The first-order valence-electron chi connectivity index (χ1n) is 7.14. The molecule has 0 heterocycles. The lowest BCUT2D eigenvalue weighted by atomic mass is 10.1. The van der Waals surface area contributed by atoms with E-state index in [0.29, 0.717) is 12.5 Å². The van der Waals surface area contributed by atoms with Crippen LogP contribution in [0.1, 0.15) is 44.0 Å². The summed E-state index contributed by atoms with van der Waals surface area (Å²) < 4.78 is 18.5. The van der Waals surface area contributed by atoms with Crippen LogP contribution in [0.15, 0.2) is 24.3 Å². The molecule has 1 aromatic carbocycles. The van der Waals surface area contributed by atoms with Crippen molar-refractivity contribution in [1.29, 1.82) is 0 Å². The maximum absolute atomic E-state index is 13.4. The molecule has 0 radical (unpaired) electrons. The van der Waals surface area contributed by atoms with Gasteiger partial charge >= 0.3 is 5.97 Å². The maximum atomic E-state index is 13.4. The lowest BCUT2D eigenvalue weighted by molar-refractivity contribution is -0.145. The Labute approximate surface area is 124 Å². The van der Waals surface area contributed by atoms with Crippen molar-refractivity contribution >= 4 is 11.9 Å². The Balaban J connectivity index is 2.42. The van der Waals surface area contributed by atoms with Gasteiger partial charge in [0.2, 0.25) is 0 Å². The number of benzene rings is 1. The molecule has 1 rings (SSSR count). The van der Waals surface area contributed by atoms with Crippen molar-refractivity contribution in [1.82, 2.24) is 5.32 Å². The molecule has 4 nitrogen and oxygen atoms in total. The number of carbonyl (C=O) groups excluding carboxylic acids is 2. The molecule has 1 unspecified atom stereocenters. The lowest BCUT2D eigenvalue weighted by Crippen LogP contribution is -2.40. The molecular formula is C16H22FNO3. The quantitative estimate of drug-likeness (QED) is 0.621. The molecule has 1 atom stereocenters. The minimum atomic E-state index is -0.809. The van der Waals surface area contributed by atoms with E-state index >= 15 is 0 Å². The molecule has 21 heavy (non-hydrogen) atoms. The first-order valence-corrected chi connectivity index (χ1v) is 7.14. The Morgan fingerprint density at radius 1 is 1.24 bits per heavy atom. The molecule has 1 amide bonds. The van der Waals surface area contributed by atoms with E-state index in [1.807, 2.05) is 0 Å². The van der Waals surface area contributed by atoms with Gasteiger partial charge in [-0.1, -0.05) is 26.0 Å². The highest BCUT2D eigenvalue weighted by Crippen LogP contribution is 2.07. The largest absolute Gasteiger partial charge is 0.464 e. The van der Waals surface area contributed by atoms with E-state index in [2.05, 4.69) is 19.2 Å². The number of halogens is 1. The number of amides is 1. The molecule has 116 valence electrons. The number of ether oxygens (including phenoxy) is 1. The van der Waals surface area contributed by atoms with Crippen LogP contribution in [-0.2, 0) is 9.53 Å². The average Bonchev–Trinajstić information content (AvgIpc) is 2.43. The van der Waals surface area contributed by atoms with Crippen LogP contribution in [0, 0.1) is 11.7 Å². The fourth-order valence-electron chi connectivity index (χ4n) is 1.77. The van der Waals surface area contributed by atoms with Gasteiger partial charge in [-0.25, -0.2) is 9.18 Å². The summed E-state index contributed by atoms with van der Waals surface area (Å²) in [4.78, 5) is 23.5. The molecule has 1 N–H and O–H groups in total. The summed E-state index contributed by atoms with van der Waals surface area (Å²) in [5.74, 6) is -1.20. The minimum Gasteiger partial charge on any atom is -0.464 e. The van der Waals surface area contributed by atoms with Crippen molar-refractivity contribution in [2.75, 3.05) is 6.61 Å². The highest BCUT2D eigenvalue weighted by molar-refractivity contribution is 5.96. The molecule has 1 aromatic rings. The zero-order valence-electron chi connectivity index (χ0n) is 12.7. The van der Waals surface area contributed by atoms with E-state index in [4.69, 9.17) is 4.74 Å². The number of rotatable bonds is 7. The average molecular weight is 295 g/mol. The first kappa shape index (κ1) is 17.1. The van der Waals surface area contributed by atoms with Crippen LogP contribution >= 0.6 is 0 Å². The summed E-state index contributed by atoms with van der Waals surface area (Å²) in [6, 6.07) is 4.82. The van der Waals surface area contributed by atoms with Gasteiger partial charge in [-0.3, -0.25) is 4.79 Å². The summed E-state index contributed by atoms with van der Waals surface area (Å²) in [6.07, 6.45) is 1.76. The van der Waals surface area contributed by atoms with Crippen LogP contribution in [0.3, 0.4) is 0 Å². The second-order valence-corrected chi connectivity index (χ2v) is 5.38. The van der Waals surface area contributed by atoms with Crippen molar-refractivity contribution in [3.05, 3.63) is 35.6 Å². The zero-order chi connectivity index (χ0) is 15.8. The van der Waals surface area contributed by atoms with Crippen molar-refractivity contribution in [2.45, 2.75) is 39.7 Å². The van der Waals surface area contributed by atoms with E-state index in [1.165, 1.54) is 25.1 Å². The SMILES string of the molecule is CC(C)CCCOC(=O)C(C)NC(=O)c1ccccc1F. The highest BCUT2D eigenvalue weighted by Gasteiger charge is 2.19. The van der Waals surface area contributed by atoms with Gasteiger partial charge in [-0.05, 0) is 37.8 Å². The third-order valence-electron chi connectivity index (χ3n) is 2.99. The zero-order valence-corrected chi connectivity index (χ0v) is 12.7. The van der Waals surface area contributed by atoms with E-state index in [9.17, 15) is 14.0 Å². The highest BCUT2D eigenvalue weighted by atomic mass is 19.1. The fraction of sp³-hybridized carbons (Fsp3) is 0.500. The van der Waals surface area contributed by atoms with Gasteiger partial charge in [0.25, 0.3) is 5.91 Å². The van der Waals surface area contributed by atoms with Gasteiger partial charge in [-0.2, -0.15) is 0 Å². The molecule has 0 aliphatic rings. The smallest absolute Gasteiger partial charge is 0.328 e. The summed E-state index contributed by atoms with van der Waals surface area (Å²) in [5.41, 5.74) is -0.0862. The van der Waals surface area contributed by atoms with E-state index in [1.54, 1.807) is 6.07 Å². The maximum Gasteiger partial charge on any atom is 0.328 e. The number of hydrogen-bond acceptors (Lipinski definition) is 3. The molecule has 0 saturated carbocycles. The Bertz CT molecular complexity index is 488. The summed E-state index contributed by atoms with van der Waals surface area (Å²) in [5, 5.41) is 2.43. The van der Waals surface area contributed by atoms with Gasteiger partial charge in [0.05, 0.1) is 12.2 Å². The Kier molecular flexibility index (Phi) is 6.85. The van der Waals surface area contributed by atoms with Gasteiger partial charge < -0.3 is 10.1 Å². The normalized spacial score (nSPS) is 12.0. The van der Waals surface area contributed by atoms with Gasteiger partial charge in [0.1, 0.15) is 11.9 Å². The van der Waals surface area contributed by atoms with Crippen LogP contribution in [0.4, 0.5) is 4.39 Å². The standard InChI is InChI=1S/C16H22FNO3/c1-11(2)7-6-10-21-16(20)12(3)18-15(19)13-8-4-5-9-14(13)17/h4-5,8-9,11-12H,6-7,10H2,1-3H3,(H,18,19). The van der Waals surface area contributed by atoms with Crippen LogP contribution < -0.4 is 5.32 Å². The monoisotopic (exact) mass is 295 g/mol. The molecule has 0 saturated heterocycles. The second-order valence-electron chi connectivity index (χ2n) is 5.38. The van der Waals surface area contributed by atoms with Crippen molar-refractivity contribution in [3.63, 3.8) is 0 Å². The first-order chi connectivity index (χ1) is 9.91. The fourth-order valence-corrected chi connectivity index (χ4v) is 1.77. The van der Waals surface area contributed by atoms with Gasteiger partial charge in [-0.15, -0.1) is 0 Å². The minimum absolute atomic E-state index is 0.0862. The number of hydrogen-bond donors (Lipinski definition) is 1. The third-order valence-corrected chi connectivity index (χ3v) is 2.99. The molecule has 0 bridgehead atoms. The summed E-state index contributed by atoms with van der Waals surface area (Å²) in [7, 11) is 0. The second kappa shape index (κ2) is 8.39. The molecule has 0 fully saturated rings. The van der Waals surface area contributed by atoms with Crippen molar-refractivity contribution in [2.24, 2.45) is 5.92 Å². The number of nitrogens with one attached hydrogen (secondary N) is 1. The Morgan fingerprint density at radius 3 is 2.52 bits per heavy atom. The molecule has 0 aliphatic heterocycles. The van der Waals surface area contributed by atoms with E-state index in [-0.39, 0.29) is 5.56 Å². The van der Waals surface area contributed by atoms with Crippen LogP contribution in [0.25, 0.3) is 0 Å². The van der Waals surface area contributed by atoms with E-state index < -0.39 is 23.7 Å². The lowest BCUT2D eigenvalue weighted by Gasteiger charge is -2.14. The third kappa shape index (κ3) is 5.94. The summed E-state index contributed by atoms with van der Waals surface area (Å²) >= 11 is 0. The predicted octanol–water partition coefficient (Wildman–Crippen LogP) is 2.92. The topological polar surface area (TPSA) is 55.4 Å². The number of esters is 1. The molecule has 0 aromatic heterocycles. The van der Waals surface area contributed by atoms with Crippen molar-refractivity contribution in [3.8, 4) is 0 Å². The predicted molar refractivity (Wildman–Crippen MR) is 78.4 cm³/mol. The number of carbonyl (C=O) groups is 2. The van der Waals surface area contributed by atoms with Crippen molar-refractivity contribution < 1.29 is 18.7 Å². The molecule has 5 heteroatoms. The Morgan fingerprint density at radius 2 is 1.90 bits per heavy atom. The van der Waals surface area contributed by atoms with Gasteiger partial charge in [0.15, 0.2) is 0 Å². The van der Waals surface area contributed by atoms with Crippen LogP contribution in [0.2, 0.25) is 0 Å². The Hall–Kier alpha value is -1.91.